The summed E-state index contributed by atoms with van der Waals surface area (Å²) in [6.07, 6.45) is 34.0. The molecule has 2 atom stereocenters. The third-order valence-corrected chi connectivity index (χ3v) is 7.48. The molecule has 0 aliphatic rings. The summed E-state index contributed by atoms with van der Waals surface area (Å²) in [6, 6.07) is 0.624. The van der Waals surface area contributed by atoms with E-state index in [2.05, 4.69) is 49.6 Å². The van der Waals surface area contributed by atoms with Crippen LogP contribution in [0, 0.1) is 0 Å². The van der Waals surface area contributed by atoms with Crippen molar-refractivity contribution in [1.82, 2.24) is 4.98 Å². The van der Waals surface area contributed by atoms with Gasteiger partial charge in [-0.2, -0.15) is 0 Å². The Kier molecular flexibility index (Phi) is 19.0. The molecule has 188 valence electrons. The molecule has 0 aliphatic carbocycles. The van der Waals surface area contributed by atoms with E-state index >= 15 is 0 Å². The normalized spacial score (nSPS) is 13.5. The summed E-state index contributed by atoms with van der Waals surface area (Å²) in [5.74, 6) is 2.17. The second-order valence-electron chi connectivity index (χ2n) is 10.4. The second kappa shape index (κ2) is 20.8. The van der Waals surface area contributed by atoms with Crippen LogP contribution in [0.25, 0.3) is 0 Å². The molecular weight excluding hydrogens is 388 g/mol. The van der Waals surface area contributed by atoms with Crippen LogP contribution >= 0.6 is 0 Å². The third kappa shape index (κ3) is 13.7. The van der Waals surface area contributed by atoms with Crippen LogP contribution in [0.5, 0.6) is 0 Å². The van der Waals surface area contributed by atoms with E-state index in [1.54, 1.807) is 0 Å². The van der Waals surface area contributed by atoms with Gasteiger partial charge < -0.3 is 0 Å². The van der Waals surface area contributed by atoms with Gasteiger partial charge in [0.15, 0.2) is 0 Å². The van der Waals surface area contributed by atoms with Crippen LogP contribution in [0.3, 0.4) is 0 Å². The van der Waals surface area contributed by atoms with E-state index in [1.807, 2.05) is 0 Å². The summed E-state index contributed by atoms with van der Waals surface area (Å²) in [4.78, 5) is 3.61. The monoisotopic (exact) mass is 447 g/mol. The van der Waals surface area contributed by atoms with Gasteiger partial charge in [0.05, 0.1) is 12.0 Å². The zero-order chi connectivity index (χ0) is 23.3. The predicted octanol–water partition coefficient (Wildman–Crippen LogP) is 10.2. The van der Waals surface area contributed by atoms with Gasteiger partial charge in [0, 0.05) is 0 Å². The van der Waals surface area contributed by atoms with Crippen molar-refractivity contribution in [1.29, 1.82) is 0 Å². The van der Waals surface area contributed by atoms with Crippen LogP contribution in [0.1, 0.15) is 180 Å². The highest BCUT2D eigenvalue weighted by Crippen LogP contribution is 2.24. The van der Waals surface area contributed by atoms with E-state index in [4.69, 9.17) is 0 Å². The second-order valence-corrected chi connectivity index (χ2v) is 10.4. The lowest BCUT2D eigenvalue weighted by Crippen LogP contribution is -2.41. The highest BCUT2D eigenvalue weighted by atomic mass is 15.1. The molecule has 32 heavy (non-hydrogen) atoms. The molecule has 1 aromatic heterocycles. The quantitative estimate of drug-likeness (QED) is 0.127. The number of rotatable bonds is 23. The van der Waals surface area contributed by atoms with Crippen molar-refractivity contribution >= 4 is 0 Å². The van der Waals surface area contributed by atoms with Gasteiger partial charge in [0.1, 0.15) is 12.4 Å². The zero-order valence-corrected chi connectivity index (χ0v) is 22.6. The first-order valence-electron chi connectivity index (χ1n) is 14.8. The van der Waals surface area contributed by atoms with Crippen LogP contribution in [-0.4, -0.2) is 4.98 Å². The highest BCUT2D eigenvalue weighted by Gasteiger charge is 2.24. The molecule has 1 aromatic rings. The Morgan fingerprint density at radius 1 is 0.625 bits per heavy atom. The third-order valence-electron chi connectivity index (χ3n) is 7.48. The van der Waals surface area contributed by atoms with Gasteiger partial charge in [0.2, 0.25) is 0 Å². The number of hydrogen-bond donors (Lipinski definition) is 1. The number of nitrogens with one attached hydrogen (secondary N) is 1. The van der Waals surface area contributed by atoms with Crippen molar-refractivity contribution in [3.8, 4) is 0 Å². The molecular formula is C30H59N2+. The Bertz CT molecular complexity index is 507. The van der Waals surface area contributed by atoms with Crippen LogP contribution in [0.15, 0.2) is 12.4 Å². The molecule has 1 N–H and O–H groups in total. The maximum atomic E-state index is 3.61. The van der Waals surface area contributed by atoms with Crippen LogP contribution in [0.2, 0.25) is 0 Å². The SMILES string of the molecule is CCCCCCCCCCCCCCCC(CC)c1[nH]cc[n+]1C(C)CCCCCCC. The van der Waals surface area contributed by atoms with Crippen molar-refractivity contribution in [2.45, 2.75) is 174 Å². The maximum Gasteiger partial charge on any atom is 0.257 e. The molecule has 0 spiro atoms. The smallest absolute Gasteiger partial charge is 0.247 e. The van der Waals surface area contributed by atoms with E-state index in [9.17, 15) is 0 Å². The minimum atomic E-state index is 0.624. The molecule has 2 nitrogen and oxygen atoms in total. The standard InChI is InChI=1S/C30H58N2/c1-5-8-10-12-13-14-15-16-17-18-19-21-23-25-29(7-3)30-31-26-27-32(30)28(4)24-22-20-11-9-6-2/h26-29H,5-25H2,1-4H3/p+1. The fourth-order valence-electron chi connectivity index (χ4n) is 5.20. The lowest BCUT2D eigenvalue weighted by molar-refractivity contribution is -0.727. The summed E-state index contributed by atoms with van der Waals surface area (Å²) < 4.78 is 2.55. The minimum absolute atomic E-state index is 0.624. The lowest BCUT2D eigenvalue weighted by Gasteiger charge is -2.16. The number of nitrogens with zero attached hydrogens (tertiary/aromatic N) is 1. The Labute approximate surface area is 202 Å². The summed E-state index contributed by atoms with van der Waals surface area (Å²) in [5, 5.41) is 0. The number of unbranched alkanes of at least 4 members (excludes halogenated alkanes) is 16. The molecule has 0 bridgehead atoms. The van der Waals surface area contributed by atoms with E-state index in [0.717, 1.165) is 0 Å². The largest absolute Gasteiger partial charge is 0.257 e. The van der Waals surface area contributed by atoms with Crippen molar-refractivity contribution in [3.05, 3.63) is 18.2 Å². The molecule has 0 radical (unpaired) electrons. The molecule has 1 heterocycles. The summed E-state index contributed by atoms with van der Waals surface area (Å²) in [7, 11) is 0. The Hall–Kier alpha value is -0.790. The van der Waals surface area contributed by atoms with Crippen LogP contribution < -0.4 is 4.57 Å². The lowest BCUT2D eigenvalue weighted by atomic mass is 9.96. The van der Waals surface area contributed by atoms with E-state index in [0.29, 0.717) is 12.0 Å². The molecule has 0 fully saturated rings. The van der Waals surface area contributed by atoms with Crippen LogP contribution in [0.4, 0.5) is 0 Å². The van der Waals surface area contributed by atoms with Crippen LogP contribution in [-0.2, 0) is 0 Å². The predicted molar refractivity (Wildman–Crippen MR) is 142 cm³/mol. The van der Waals surface area contributed by atoms with Crippen molar-refractivity contribution in [2.75, 3.05) is 0 Å². The first kappa shape index (κ1) is 29.2. The summed E-state index contributed by atoms with van der Waals surface area (Å²) >= 11 is 0. The Balaban J connectivity index is 2.14. The minimum Gasteiger partial charge on any atom is -0.247 e. The molecule has 0 aromatic carbocycles. The summed E-state index contributed by atoms with van der Waals surface area (Å²) in [5.41, 5.74) is 0. The molecule has 0 amide bonds. The van der Waals surface area contributed by atoms with E-state index in [1.165, 1.54) is 141 Å². The number of H-pyrrole nitrogens is 1. The molecule has 0 aliphatic heterocycles. The first-order valence-corrected chi connectivity index (χ1v) is 14.8. The van der Waals surface area contributed by atoms with E-state index in [-0.39, 0.29) is 0 Å². The highest BCUT2D eigenvalue weighted by molar-refractivity contribution is 4.89. The van der Waals surface area contributed by atoms with Gasteiger partial charge in [-0.3, -0.25) is 0 Å². The number of imidazole rings is 1. The average Bonchev–Trinajstić information content (AvgIpc) is 3.29. The fourth-order valence-corrected chi connectivity index (χ4v) is 5.20. The number of aromatic nitrogens is 2. The molecule has 2 unspecified atom stereocenters. The van der Waals surface area contributed by atoms with Crippen molar-refractivity contribution in [2.24, 2.45) is 0 Å². The van der Waals surface area contributed by atoms with Gasteiger partial charge in [0.25, 0.3) is 5.82 Å². The number of aromatic amines is 1. The fraction of sp³-hybridized carbons (Fsp3) is 0.900. The van der Waals surface area contributed by atoms with Gasteiger partial charge in [-0.25, -0.2) is 9.55 Å². The van der Waals surface area contributed by atoms with E-state index < -0.39 is 0 Å². The Morgan fingerprint density at radius 3 is 1.53 bits per heavy atom. The first-order chi connectivity index (χ1) is 15.7. The summed E-state index contributed by atoms with van der Waals surface area (Å²) in [6.45, 7) is 9.38. The Morgan fingerprint density at radius 2 is 1.06 bits per heavy atom. The van der Waals surface area contributed by atoms with Gasteiger partial charge >= 0.3 is 0 Å². The zero-order valence-electron chi connectivity index (χ0n) is 22.6. The average molecular weight is 448 g/mol. The molecule has 0 saturated heterocycles. The van der Waals surface area contributed by atoms with Crippen molar-refractivity contribution < 1.29 is 4.57 Å². The van der Waals surface area contributed by atoms with Gasteiger partial charge in [-0.15, -0.1) is 0 Å². The van der Waals surface area contributed by atoms with Crippen molar-refractivity contribution in [3.63, 3.8) is 0 Å². The number of hydrogen-bond acceptors (Lipinski definition) is 0. The molecule has 1 rings (SSSR count). The van der Waals surface area contributed by atoms with Gasteiger partial charge in [-0.1, -0.05) is 130 Å². The maximum absolute atomic E-state index is 3.61. The van der Waals surface area contributed by atoms with Gasteiger partial charge in [-0.05, 0) is 32.6 Å². The molecule has 2 heteroatoms. The topological polar surface area (TPSA) is 19.7 Å². The molecule has 0 saturated carbocycles.